The zero-order chi connectivity index (χ0) is 28.2. The first kappa shape index (κ1) is 31.8. The third-order valence-electron chi connectivity index (χ3n) is 6.20. The fraction of sp³-hybridized carbons (Fsp3) is 0.536. The van der Waals surface area contributed by atoms with Crippen LogP contribution in [-0.2, 0) is 9.59 Å². The summed E-state index contributed by atoms with van der Waals surface area (Å²) in [6.45, 7) is 6.07. The molecule has 9 nitrogen and oxygen atoms in total. The number of allylic oxidation sites excluding steroid dienone is 1. The van der Waals surface area contributed by atoms with E-state index < -0.39 is 24.2 Å². The first-order valence-electron chi connectivity index (χ1n) is 12.9. The van der Waals surface area contributed by atoms with Crippen LogP contribution in [0, 0.1) is 3.57 Å². The number of carbonyl (C=O) groups excluding carboxylic acids is 3. The predicted octanol–water partition coefficient (Wildman–Crippen LogP) is 3.40. The van der Waals surface area contributed by atoms with Crippen LogP contribution in [0.3, 0.4) is 0 Å². The molecule has 38 heavy (non-hydrogen) atoms. The molecule has 3 atom stereocenters. The number of aldehydes is 1. The summed E-state index contributed by atoms with van der Waals surface area (Å²) < 4.78 is 12.3. The van der Waals surface area contributed by atoms with E-state index in [0.29, 0.717) is 39.0 Å². The van der Waals surface area contributed by atoms with Crippen molar-refractivity contribution in [1.29, 1.82) is 0 Å². The van der Waals surface area contributed by atoms with Crippen molar-refractivity contribution in [3.05, 3.63) is 44.6 Å². The van der Waals surface area contributed by atoms with E-state index in [2.05, 4.69) is 12.2 Å². The van der Waals surface area contributed by atoms with Crippen LogP contribution in [0.2, 0.25) is 0 Å². The van der Waals surface area contributed by atoms with Gasteiger partial charge in [-0.05, 0) is 61.1 Å². The number of amides is 2. The number of benzene rings is 1. The van der Waals surface area contributed by atoms with E-state index >= 15 is 0 Å². The fourth-order valence-electron chi connectivity index (χ4n) is 4.32. The van der Waals surface area contributed by atoms with Crippen LogP contribution in [0.5, 0.6) is 11.5 Å². The average molecular weight is 643 g/mol. The Morgan fingerprint density at radius 1 is 1.24 bits per heavy atom. The third-order valence-corrected chi connectivity index (χ3v) is 7.01. The van der Waals surface area contributed by atoms with Gasteiger partial charge in [0.15, 0.2) is 11.5 Å². The molecule has 1 aliphatic carbocycles. The maximum absolute atomic E-state index is 13.3. The molecule has 10 heteroatoms. The lowest BCUT2D eigenvalue weighted by Crippen LogP contribution is -2.55. The van der Waals surface area contributed by atoms with Gasteiger partial charge in [0.25, 0.3) is 0 Å². The molecule has 0 heterocycles. The van der Waals surface area contributed by atoms with Gasteiger partial charge in [-0.2, -0.15) is 0 Å². The predicted molar refractivity (Wildman–Crippen MR) is 153 cm³/mol. The first-order valence-corrected chi connectivity index (χ1v) is 14.0. The summed E-state index contributed by atoms with van der Waals surface area (Å²) in [4.78, 5) is 39.2. The molecular formula is C28H39IN2O7. The summed E-state index contributed by atoms with van der Waals surface area (Å²) in [7, 11) is 1.45. The van der Waals surface area contributed by atoms with Gasteiger partial charge in [-0.15, -0.1) is 0 Å². The molecule has 0 aromatic heterocycles. The van der Waals surface area contributed by atoms with E-state index in [4.69, 9.17) is 9.47 Å². The van der Waals surface area contributed by atoms with Crippen LogP contribution in [0.4, 0.5) is 0 Å². The molecule has 2 rings (SSSR count). The molecule has 1 aromatic rings. The number of nitrogens with one attached hydrogen (secondary N) is 1. The van der Waals surface area contributed by atoms with Gasteiger partial charge in [0.2, 0.25) is 11.8 Å². The van der Waals surface area contributed by atoms with E-state index in [9.17, 15) is 24.6 Å². The number of carbonyl (C=O) groups is 3. The lowest BCUT2D eigenvalue weighted by molar-refractivity contribution is -0.133. The van der Waals surface area contributed by atoms with Crippen LogP contribution < -0.4 is 14.8 Å². The number of hydrogen-bond acceptors (Lipinski definition) is 7. The van der Waals surface area contributed by atoms with Crippen LogP contribution in [0.1, 0.15) is 63.2 Å². The van der Waals surface area contributed by atoms with Crippen molar-refractivity contribution < 1.29 is 34.1 Å². The summed E-state index contributed by atoms with van der Waals surface area (Å²) in [5.74, 6) is -0.00291. The van der Waals surface area contributed by atoms with E-state index in [1.165, 1.54) is 19.3 Å². The molecule has 3 N–H and O–H groups in total. The number of aliphatic hydroxyl groups excluding tert-OH is 2. The van der Waals surface area contributed by atoms with Gasteiger partial charge in [0.05, 0.1) is 23.3 Å². The van der Waals surface area contributed by atoms with Crippen LogP contribution >= 0.6 is 22.6 Å². The minimum Gasteiger partial charge on any atom is -0.493 e. The molecule has 2 amide bonds. The zero-order valence-corrected chi connectivity index (χ0v) is 24.7. The van der Waals surface area contributed by atoms with Gasteiger partial charge < -0.3 is 29.9 Å². The summed E-state index contributed by atoms with van der Waals surface area (Å²) in [5.41, 5.74) is 1.59. The molecule has 0 aliphatic heterocycles. The molecule has 1 aliphatic rings. The topological polar surface area (TPSA) is 125 Å². The lowest BCUT2D eigenvalue weighted by Gasteiger charge is -2.40. The molecular weight excluding hydrogens is 603 g/mol. The van der Waals surface area contributed by atoms with Gasteiger partial charge >= 0.3 is 0 Å². The smallest absolute Gasteiger partial charge is 0.247 e. The Hall–Kier alpha value is -2.44. The minimum absolute atomic E-state index is 0.0746. The van der Waals surface area contributed by atoms with E-state index in [1.807, 2.05) is 36.4 Å². The number of ether oxygens (including phenoxy) is 2. The number of hydrogen-bond donors (Lipinski definition) is 3. The van der Waals surface area contributed by atoms with Gasteiger partial charge in [-0.25, -0.2) is 0 Å². The van der Waals surface area contributed by atoms with Crippen molar-refractivity contribution >= 4 is 40.7 Å². The second kappa shape index (κ2) is 15.8. The average Bonchev–Trinajstić information content (AvgIpc) is 2.88. The summed E-state index contributed by atoms with van der Waals surface area (Å²) in [5, 5.41) is 23.4. The Labute approximate surface area is 238 Å². The summed E-state index contributed by atoms with van der Waals surface area (Å²) in [6.07, 6.45) is 5.59. The standard InChI is InChI=1S/C28H39IN2O7/c1-5-6-7-8-10-31(25(34)12-18(2)3)22-15-20(28(36)30-9-11-32)16-23(26(22)35)38-27-21(29)13-19(17-33)14-24(27)37-4/h12-14,16-17,22-23,26,32,35H,5-11,15H2,1-4H3,(H,30,36)/t22-,23+,26+/m1/s1. The van der Waals surface area contributed by atoms with Crippen LogP contribution in [0.15, 0.2) is 35.4 Å². The number of rotatable bonds is 14. The van der Waals surface area contributed by atoms with Crippen molar-refractivity contribution in [1.82, 2.24) is 10.2 Å². The molecule has 0 spiro atoms. The Kier molecular flexibility index (Phi) is 13.3. The third kappa shape index (κ3) is 8.81. The van der Waals surface area contributed by atoms with E-state index in [0.717, 1.165) is 31.3 Å². The normalized spacial score (nSPS) is 18.7. The van der Waals surface area contributed by atoms with Gasteiger partial charge in [-0.1, -0.05) is 31.8 Å². The highest BCUT2D eigenvalue weighted by atomic mass is 127. The first-order chi connectivity index (χ1) is 18.2. The number of nitrogens with zero attached hydrogens (tertiary/aromatic N) is 1. The second-order valence-corrected chi connectivity index (χ2v) is 10.6. The van der Waals surface area contributed by atoms with E-state index in [1.54, 1.807) is 17.0 Å². The quantitative estimate of drug-likeness (QED) is 0.123. The SMILES string of the molecule is CCCCCCN(C(=O)C=C(C)C)[C@@H]1CC(C(=O)NCCO)=C[C@H](Oc2c(I)cc(C=O)cc2OC)[C@H]1O. The van der Waals surface area contributed by atoms with Crippen molar-refractivity contribution in [3.8, 4) is 11.5 Å². The van der Waals surface area contributed by atoms with Crippen molar-refractivity contribution in [2.24, 2.45) is 0 Å². The van der Waals surface area contributed by atoms with Crippen LogP contribution in [0.25, 0.3) is 0 Å². The summed E-state index contributed by atoms with van der Waals surface area (Å²) in [6, 6.07) is 2.45. The lowest BCUT2D eigenvalue weighted by atomic mass is 9.87. The fourth-order valence-corrected chi connectivity index (χ4v) is 5.07. The highest BCUT2D eigenvalue weighted by molar-refractivity contribution is 14.1. The minimum atomic E-state index is -1.14. The maximum Gasteiger partial charge on any atom is 0.247 e. The van der Waals surface area contributed by atoms with Crippen molar-refractivity contribution in [2.45, 2.75) is 71.1 Å². The maximum atomic E-state index is 13.3. The Bertz CT molecular complexity index is 1040. The Morgan fingerprint density at radius 2 is 1.97 bits per heavy atom. The second-order valence-electron chi connectivity index (χ2n) is 9.48. The highest BCUT2D eigenvalue weighted by Gasteiger charge is 2.40. The van der Waals surface area contributed by atoms with Crippen molar-refractivity contribution in [2.75, 3.05) is 26.8 Å². The zero-order valence-electron chi connectivity index (χ0n) is 22.5. The number of halogens is 1. The molecule has 0 saturated carbocycles. The Morgan fingerprint density at radius 3 is 2.58 bits per heavy atom. The number of methoxy groups -OCH3 is 1. The molecule has 0 bridgehead atoms. The van der Waals surface area contributed by atoms with E-state index in [-0.39, 0.29) is 25.5 Å². The Balaban J connectivity index is 2.50. The monoisotopic (exact) mass is 642 g/mol. The largest absolute Gasteiger partial charge is 0.493 e. The summed E-state index contributed by atoms with van der Waals surface area (Å²) >= 11 is 2.02. The molecule has 1 aromatic carbocycles. The number of unbranched alkanes of at least 4 members (excludes halogenated alkanes) is 3. The van der Waals surface area contributed by atoms with Gasteiger partial charge in [0.1, 0.15) is 18.5 Å². The van der Waals surface area contributed by atoms with Crippen molar-refractivity contribution in [3.63, 3.8) is 0 Å². The molecule has 0 saturated heterocycles. The highest BCUT2D eigenvalue weighted by Crippen LogP contribution is 2.37. The van der Waals surface area contributed by atoms with Crippen LogP contribution in [-0.4, -0.2) is 78.3 Å². The van der Waals surface area contributed by atoms with Gasteiger partial charge in [0, 0.05) is 36.7 Å². The molecule has 0 radical (unpaired) electrons. The molecule has 0 fully saturated rings. The molecule has 0 unspecified atom stereocenters. The number of aliphatic hydroxyl groups is 2. The molecule has 210 valence electrons. The van der Waals surface area contributed by atoms with Gasteiger partial charge in [-0.3, -0.25) is 14.4 Å².